The van der Waals surface area contributed by atoms with Crippen molar-refractivity contribution in [3.63, 3.8) is 0 Å². The van der Waals surface area contributed by atoms with Gasteiger partial charge in [-0.2, -0.15) is 4.31 Å². The van der Waals surface area contributed by atoms with Crippen LogP contribution in [0.4, 0.5) is 0 Å². The van der Waals surface area contributed by atoms with Crippen molar-refractivity contribution < 1.29 is 12.8 Å². The lowest BCUT2D eigenvalue weighted by Crippen LogP contribution is -2.32. The molecule has 0 saturated carbocycles. The molecule has 2 N–H and O–H groups in total. The van der Waals surface area contributed by atoms with Crippen molar-refractivity contribution >= 4 is 10.0 Å². The van der Waals surface area contributed by atoms with Gasteiger partial charge in [-0.1, -0.05) is 30.3 Å². The molecular weight excluding hydrogens is 288 g/mol. The molecule has 2 heterocycles. The highest BCUT2D eigenvalue weighted by Gasteiger charge is 2.39. The lowest BCUT2D eigenvalue weighted by Gasteiger charge is -2.15. The van der Waals surface area contributed by atoms with Gasteiger partial charge < -0.3 is 10.2 Å². The Kier molecular flexibility index (Phi) is 3.61. The minimum Gasteiger partial charge on any atom is -0.449 e. The Bertz CT molecular complexity index is 724. The van der Waals surface area contributed by atoms with E-state index in [9.17, 15) is 8.42 Å². The van der Waals surface area contributed by atoms with Gasteiger partial charge in [0.1, 0.15) is 5.76 Å². The van der Waals surface area contributed by atoms with Gasteiger partial charge in [0, 0.05) is 25.0 Å². The zero-order valence-corrected chi connectivity index (χ0v) is 12.6. The number of rotatable bonds is 3. The molecule has 0 aliphatic carbocycles. The second kappa shape index (κ2) is 5.29. The molecule has 1 fully saturated rings. The molecule has 1 aliphatic rings. The van der Waals surface area contributed by atoms with Gasteiger partial charge in [-0.15, -0.1) is 0 Å². The molecule has 2 aromatic rings. The van der Waals surface area contributed by atoms with E-state index >= 15 is 0 Å². The van der Waals surface area contributed by atoms with Gasteiger partial charge in [-0.25, -0.2) is 8.42 Å². The largest absolute Gasteiger partial charge is 0.449 e. The molecule has 0 bridgehead atoms. The minimum atomic E-state index is -3.61. The number of hydrogen-bond donors (Lipinski definition) is 1. The van der Waals surface area contributed by atoms with Crippen LogP contribution >= 0.6 is 0 Å². The smallest absolute Gasteiger partial charge is 0.276 e. The van der Waals surface area contributed by atoms with E-state index in [-0.39, 0.29) is 17.1 Å². The summed E-state index contributed by atoms with van der Waals surface area (Å²) in [6, 6.07) is 12.7. The van der Waals surface area contributed by atoms with Crippen LogP contribution in [0.15, 0.2) is 52.0 Å². The lowest BCUT2D eigenvalue weighted by molar-refractivity contribution is 0.396. The summed E-state index contributed by atoms with van der Waals surface area (Å²) in [6.45, 7) is 2.41. The Morgan fingerprint density at radius 2 is 1.86 bits per heavy atom. The third-order valence-electron chi connectivity index (χ3n) is 3.87. The molecular formula is C15H18N2O3S. The first kappa shape index (κ1) is 14.3. The summed E-state index contributed by atoms with van der Waals surface area (Å²) in [5.41, 5.74) is 7.21. The van der Waals surface area contributed by atoms with Crippen LogP contribution in [-0.4, -0.2) is 31.9 Å². The van der Waals surface area contributed by atoms with Gasteiger partial charge in [0.2, 0.25) is 5.09 Å². The first-order valence-electron chi connectivity index (χ1n) is 6.85. The van der Waals surface area contributed by atoms with Gasteiger partial charge in [-0.05, 0) is 24.6 Å². The monoisotopic (exact) mass is 306 g/mol. The van der Waals surface area contributed by atoms with E-state index < -0.39 is 10.0 Å². The summed E-state index contributed by atoms with van der Waals surface area (Å²) < 4.78 is 31.8. The van der Waals surface area contributed by atoms with Gasteiger partial charge >= 0.3 is 0 Å². The summed E-state index contributed by atoms with van der Waals surface area (Å²) >= 11 is 0. The van der Waals surface area contributed by atoms with E-state index in [2.05, 4.69) is 0 Å². The zero-order chi connectivity index (χ0) is 15.0. The number of nitrogens with two attached hydrogens (primary N) is 1. The number of benzene rings is 1. The molecule has 1 aliphatic heterocycles. The number of nitrogens with zero attached hydrogens (tertiary/aromatic N) is 1. The fourth-order valence-electron chi connectivity index (χ4n) is 2.72. The summed E-state index contributed by atoms with van der Waals surface area (Å²) in [4.78, 5) is 0. The molecule has 1 aromatic heterocycles. The number of furan rings is 1. The highest BCUT2D eigenvalue weighted by Crippen LogP contribution is 2.30. The van der Waals surface area contributed by atoms with E-state index in [1.54, 1.807) is 13.0 Å². The molecule has 0 spiro atoms. The lowest BCUT2D eigenvalue weighted by atomic mass is 9.95. The first-order valence-corrected chi connectivity index (χ1v) is 8.29. The highest BCUT2D eigenvalue weighted by molar-refractivity contribution is 7.89. The maximum absolute atomic E-state index is 12.5. The fraction of sp³-hybridized carbons (Fsp3) is 0.333. The molecule has 0 amide bonds. The normalized spacial score (nSPS) is 23.5. The van der Waals surface area contributed by atoms with Crippen LogP contribution in [0.1, 0.15) is 17.2 Å². The van der Waals surface area contributed by atoms with Crippen molar-refractivity contribution in [1.82, 2.24) is 4.31 Å². The fourth-order valence-corrected chi connectivity index (χ4v) is 4.18. The third-order valence-corrected chi connectivity index (χ3v) is 5.58. The average Bonchev–Trinajstić information content (AvgIpc) is 3.07. The molecule has 0 unspecified atom stereocenters. The van der Waals surface area contributed by atoms with Crippen molar-refractivity contribution in [3.8, 4) is 0 Å². The van der Waals surface area contributed by atoms with E-state index in [1.165, 1.54) is 10.4 Å². The molecule has 3 rings (SSSR count). The SMILES string of the molecule is Cc1ccc(S(=O)(=O)N2C[C@@H](N)[C@H](c3ccccc3)C2)o1. The van der Waals surface area contributed by atoms with Crippen LogP contribution in [0.25, 0.3) is 0 Å². The Morgan fingerprint density at radius 1 is 1.14 bits per heavy atom. The Morgan fingerprint density at radius 3 is 2.48 bits per heavy atom. The molecule has 2 atom stereocenters. The molecule has 112 valence electrons. The molecule has 1 aromatic carbocycles. The number of sulfonamides is 1. The highest BCUT2D eigenvalue weighted by atomic mass is 32.2. The third kappa shape index (κ3) is 2.62. The quantitative estimate of drug-likeness (QED) is 0.936. The van der Waals surface area contributed by atoms with Crippen molar-refractivity contribution in [1.29, 1.82) is 0 Å². The summed E-state index contributed by atoms with van der Waals surface area (Å²) in [7, 11) is -3.61. The summed E-state index contributed by atoms with van der Waals surface area (Å²) in [5, 5.41) is -0.0130. The maximum atomic E-state index is 12.5. The molecule has 6 heteroatoms. The predicted molar refractivity (Wildman–Crippen MR) is 79.4 cm³/mol. The van der Waals surface area contributed by atoms with Crippen molar-refractivity contribution in [2.75, 3.05) is 13.1 Å². The number of hydrogen-bond acceptors (Lipinski definition) is 4. The van der Waals surface area contributed by atoms with Crippen LogP contribution < -0.4 is 5.73 Å². The standard InChI is InChI=1S/C15H18N2O3S/c1-11-7-8-15(20-11)21(18,19)17-9-13(14(16)10-17)12-5-3-2-4-6-12/h2-8,13-14H,9-10,16H2,1H3/t13-,14+/m0/s1. The van der Waals surface area contributed by atoms with Crippen molar-refractivity contribution in [2.24, 2.45) is 5.73 Å². The van der Waals surface area contributed by atoms with Crippen LogP contribution in [0, 0.1) is 6.92 Å². The second-order valence-electron chi connectivity index (χ2n) is 5.37. The Labute approximate surface area is 124 Å². The Balaban J connectivity index is 1.86. The topological polar surface area (TPSA) is 76.5 Å². The molecule has 0 radical (unpaired) electrons. The summed E-state index contributed by atoms with van der Waals surface area (Å²) in [5.74, 6) is 0.591. The molecule has 5 nitrogen and oxygen atoms in total. The minimum absolute atomic E-state index is 0.0111. The van der Waals surface area contributed by atoms with Crippen LogP contribution in [0.5, 0.6) is 0 Å². The second-order valence-corrected chi connectivity index (χ2v) is 7.24. The van der Waals surface area contributed by atoms with Crippen molar-refractivity contribution in [2.45, 2.75) is 24.0 Å². The predicted octanol–water partition coefficient (Wildman–Crippen LogP) is 1.70. The van der Waals surface area contributed by atoms with Crippen LogP contribution in [0.2, 0.25) is 0 Å². The van der Waals surface area contributed by atoms with Crippen LogP contribution in [0.3, 0.4) is 0 Å². The maximum Gasteiger partial charge on any atom is 0.276 e. The van der Waals surface area contributed by atoms with Crippen LogP contribution in [-0.2, 0) is 10.0 Å². The van der Waals surface area contributed by atoms with Gasteiger partial charge in [0.25, 0.3) is 10.0 Å². The van der Waals surface area contributed by atoms with Crippen molar-refractivity contribution in [3.05, 3.63) is 53.8 Å². The Hall–Kier alpha value is -1.63. The van der Waals surface area contributed by atoms with E-state index in [4.69, 9.17) is 10.2 Å². The van der Waals surface area contributed by atoms with E-state index in [0.29, 0.717) is 18.8 Å². The first-order chi connectivity index (χ1) is 9.98. The number of aryl methyl sites for hydroxylation is 1. The van der Waals surface area contributed by atoms with E-state index in [1.807, 2.05) is 30.3 Å². The van der Waals surface area contributed by atoms with E-state index in [0.717, 1.165) is 5.56 Å². The van der Waals surface area contributed by atoms with Gasteiger partial charge in [0.15, 0.2) is 0 Å². The molecule has 21 heavy (non-hydrogen) atoms. The zero-order valence-electron chi connectivity index (χ0n) is 11.8. The van der Waals surface area contributed by atoms with Gasteiger partial charge in [-0.3, -0.25) is 0 Å². The van der Waals surface area contributed by atoms with Gasteiger partial charge in [0.05, 0.1) is 0 Å². The molecule has 1 saturated heterocycles. The average molecular weight is 306 g/mol. The summed E-state index contributed by atoms with van der Waals surface area (Å²) in [6.07, 6.45) is 0.